The Labute approximate surface area is 140 Å². The molecule has 0 radical (unpaired) electrons. The van der Waals surface area contributed by atoms with Crippen LogP contribution in [-0.4, -0.2) is 68.6 Å². The van der Waals surface area contributed by atoms with Crippen LogP contribution in [0.5, 0.6) is 0 Å². The van der Waals surface area contributed by atoms with Crippen molar-refractivity contribution in [1.82, 2.24) is 35.7 Å². The molecule has 2 N–H and O–H groups in total. The van der Waals surface area contributed by atoms with Gasteiger partial charge in [0.25, 0.3) is 0 Å². The molecule has 1 aromatic heterocycles. The largest absolute Gasteiger partial charge is 0.352 e. The number of carbonyl (C=O) groups excluding carboxylic acids is 2. The van der Waals surface area contributed by atoms with E-state index in [0.29, 0.717) is 30.8 Å². The molecule has 3 saturated heterocycles. The van der Waals surface area contributed by atoms with Crippen molar-refractivity contribution in [3.8, 4) is 0 Å². The molecule has 9 heteroatoms. The quantitative estimate of drug-likeness (QED) is 0.715. The zero-order chi connectivity index (χ0) is 16.5. The molecule has 2 bridgehead atoms. The van der Waals surface area contributed by atoms with Crippen LogP contribution in [0.15, 0.2) is 6.33 Å². The Kier molecular flexibility index (Phi) is 4.17. The first-order valence-corrected chi connectivity index (χ1v) is 8.71. The highest BCUT2D eigenvalue weighted by Gasteiger charge is 2.47. The third kappa shape index (κ3) is 2.88. The zero-order valence-corrected chi connectivity index (χ0v) is 13.6. The Balaban J connectivity index is 1.43. The Morgan fingerprint density at radius 1 is 1.38 bits per heavy atom. The van der Waals surface area contributed by atoms with Crippen molar-refractivity contribution in [3.63, 3.8) is 0 Å². The first kappa shape index (κ1) is 15.5. The molecule has 3 fully saturated rings. The van der Waals surface area contributed by atoms with Crippen LogP contribution in [0.2, 0.25) is 0 Å². The summed E-state index contributed by atoms with van der Waals surface area (Å²) in [6.07, 6.45) is 5.27. The molecule has 24 heavy (non-hydrogen) atoms. The molecule has 3 aliphatic rings. The average Bonchev–Trinajstić information content (AvgIpc) is 3.08. The minimum atomic E-state index is -0.130. The molecule has 0 unspecified atom stereocenters. The fraction of sp³-hybridized carbons (Fsp3) is 0.800. The molecule has 4 atom stereocenters. The summed E-state index contributed by atoms with van der Waals surface area (Å²) in [6.45, 7) is 2.52. The summed E-state index contributed by atoms with van der Waals surface area (Å²) in [6, 6.07) is 0.418. The average molecular weight is 333 g/mol. The van der Waals surface area contributed by atoms with E-state index < -0.39 is 0 Å². The fourth-order valence-electron chi connectivity index (χ4n) is 4.57. The van der Waals surface area contributed by atoms with Gasteiger partial charge in [-0.05, 0) is 48.1 Å². The predicted octanol–water partition coefficient (Wildman–Crippen LogP) is -1.22. The molecule has 1 aromatic rings. The number of carbonyl (C=O) groups is 2. The van der Waals surface area contributed by atoms with Gasteiger partial charge in [-0.15, -0.1) is 5.10 Å². The second kappa shape index (κ2) is 6.46. The van der Waals surface area contributed by atoms with E-state index in [-0.39, 0.29) is 24.4 Å². The van der Waals surface area contributed by atoms with E-state index >= 15 is 0 Å². The molecule has 0 saturated carbocycles. The molecule has 9 nitrogen and oxygen atoms in total. The molecule has 2 amide bonds. The summed E-state index contributed by atoms with van der Waals surface area (Å²) in [5, 5.41) is 17.2. The van der Waals surface area contributed by atoms with Crippen LogP contribution in [0.3, 0.4) is 0 Å². The molecular weight excluding hydrogens is 310 g/mol. The third-order valence-electron chi connectivity index (χ3n) is 5.61. The first-order chi connectivity index (χ1) is 11.7. The number of nitrogens with one attached hydrogen (secondary N) is 2. The maximum Gasteiger partial charge on any atom is 0.241 e. The van der Waals surface area contributed by atoms with Crippen molar-refractivity contribution in [3.05, 3.63) is 6.33 Å². The van der Waals surface area contributed by atoms with Crippen LogP contribution in [0.4, 0.5) is 0 Å². The summed E-state index contributed by atoms with van der Waals surface area (Å²) < 4.78 is 1.39. The summed E-state index contributed by atoms with van der Waals surface area (Å²) in [5.41, 5.74) is 0. The number of fused-ring (bicyclic) bond motifs is 4. The number of nitrogens with zero attached hydrogens (tertiary/aromatic N) is 5. The third-order valence-corrected chi connectivity index (χ3v) is 5.61. The Bertz CT molecular complexity index is 605. The lowest BCUT2D eigenvalue weighted by atomic mass is 9.72. The minimum Gasteiger partial charge on any atom is -0.352 e. The molecule has 130 valence electrons. The normalized spacial score (nSPS) is 32.3. The minimum absolute atomic E-state index is 0.0877. The van der Waals surface area contributed by atoms with Gasteiger partial charge in [0, 0.05) is 25.6 Å². The van der Waals surface area contributed by atoms with Crippen LogP contribution in [-0.2, 0) is 16.1 Å². The maximum absolute atomic E-state index is 12.5. The van der Waals surface area contributed by atoms with Crippen molar-refractivity contribution < 1.29 is 9.59 Å². The van der Waals surface area contributed by atoms with Gasteiger partial charge in [0.15, 0.2) is 0 Å². The number of piperidine rings is 3. The maximum atomic E-state index is 12.5. The van der Waals surface area contributed by atoms with Crippen molar-refractivity contribution in [2.45, 2.75) is 44.3 Å². The van der Waals surface area contributed by atoms with Crippen molar-refractivity contribution in [1.29, 1.82) is 0 Å². The Morgan fingerprint density at radius 3 is 3.08 bits per heavy atom. The van der Waals surface area contributed by atoms with Gasteiger partial charge < -0.3 is 15.5 Å². The van der Waals surface area contributed by atoms with E-state index in [0.717, 1.165) is 32.4 Å². The lowest BCUT2D eigenvalue weighted by Crippen LogP contribution is -2.66. The lowest BCUT2D eigenvalue weighted by Gasteiger charge is -2.54. The van der Waals surface area contributed by atoms with Gasteiger partial charge in [0.1, 0.15) is 12.9 Å². The van der Waals surface area contributed by atoms with Crippen molar-refractivity contribution in [2.75, 3.05) is 19.6 Å². The van der Waals surface area contributed by atoms with E-state index in [4.69, 9.17) is 0 Å². The molecule has 0 aromatic carbocycles. The van der Waals surface area contributed by atoms with Crippen LogP contribution >= 0.6 is 0 Å². The number of hydrogen-bond donors (Lipinski definition) is 2. The van der Waals surface area contributed by atoms with E-state index in [1.807, 2.05) is 0 Å². The van der Waals surface area contributed by atoms with E-state index in [1.54, 1.807) is 0 Å². The Hall–Kier alpha value is -2.03. The molecule has 4 heterocycles. The molecule has 4 rings (SSSR count). The summed E-state index contributed by atoms with van der Waals surface area (Å²) >= 11 is 0. The van der Waals surface area contributed by atoms with Crippen molar-refractivity contribution in [2.24, 2.45) is 11.8 Å². The van der Waals surface area contributed by atoms with E-state index in [2.05, 4.69) is 31.1 Å². The molecule has 0 spiro atoms. The standard InChI is InChI=1S/C15H23N7O2/c23-14(8-21-9-18-19-20-21)17-7-13-11-4-10(5-16-6-11)12-2-1-3-15(24)22(12)13/h9-13,16H,1-8H2,(H,17,23)/t10-,11+,12+,13+/m1/s1. The summed E-state index contributed by atoms with van der Waals surface area (Å²) in [4.78, 5) is 26.8. The van der Waals surface area contributed by atoms with Gasteiger partial charge in [-0.2, -0.15) is 0 Å². The summed E-state index contributed by atoms with van der Waals surface area (Å²) in [5.74, 6) is 1.09. The second-order valence-electron chi connectivity index (χ2n) is 7.05. The predicted molar refractivity (Wildman–Crippen MR) is 83.6 cm³/mol. The van der Waals surface area contributed by atoms with Gasteiger partial charge in [-0.25, -0.2) is 4.68 Å². The molecule has 0 aliphatic carbocycles. The zero-order valence-electron chi connectivity index (χ0n) is 13.6. The monoisotopic (exact) mass is 333 g/mol. The van der Waals surface area contributed by atoms with E-state index in [1.165, 1.54) is 11.0 Å². The van der Waals surface area contributed by atoms with E-state index in [9.17, 15) is 9.59 Å². The SMILES string of the molecule is O=C(Cn1cnnn1)NC[C@H]1[C@@H]2CNC[C@@H](C2)[C@@H]2CCCC(=O)N21. The number of hydrogen-bond acceptors (Lipinski definition) is 6. The number of aromatic nitrogens is 4. The van der Waals surface area contributed by atoms with Crippen LogP contribution in [0, 0.1) is 11.8 Å². The van der Waals surface area contributed by atoms with Gasteiger partial charge in [-0.1, -0.05) is 0 Å². The first-order valence-electron chi connectivity index (χ1n) is 8.71. The molecule has 3 aliphatic heterocycles. The molecular formula is C15H23N7O2. The fourth-order valence-corrected chi connectivity index (χ4v) is 4.57. The van der Waals surface area contributed by atoms with Gasteiger partial charge in [-0.3, -0.25) is 9.59 Å². The van der Waals surface area contributed by atoms with Gasteiger partial charge in [0.2, 0.25) is 11.8 Å². The number of amides is 2. The summed E-state index contributed by atoms with van der Waals surface area (Å²) in [7, 11) is 0. The lowest BCUT2D eigenvalue weighted by molar-refractivity contribution is -0.149. The van der Waals surface area contributed by atoms with Gasteiger partial charge >= 0.3 is 0 Å². The van der Waals surface area contributed by atoms with Crippen molar-refractivity contribution >= 4 is 11.8 Å². The number of tetrazole rings is 1. The van der Waals surface area contributed by atoms with Gasteiger partial charge in [0.05, 0.1) is 6.04 Å². The topological polar surface area (TPSA) is 105 Å². The highest BCUT2D eigenvalue weighted by Crippen LogP contribution is 2.39. The smallest absolute Gasteiger partial charge is 0.241 e. The highest BCUT2D eigenvalue weighted by molar-refractivity contribution is 5.78. The van der Waals surface area contributed by atoms with Crippen LogP contribution < -0.4 is 10.6 Å². The second-order valence-corrected chi connectivity index (χ2v) is 7.05. The highest BCUT2D eigenvalue weighted by atomic mass is 16.2. The van der Waals surface area contributed by atoms with Crippen LogP contribution in [0.25, 0.3) is 0 Å². The Morgan fingerprint density at radius 2 is 2.25 bits per heavy atom. The van der Waals surface area contributed by atoms with Crippen LogP contribution in [0.1, 0.15) is 25.7 Å². The number of rotatable bonds is 4.